The van der Waals surface area contributed by atoms with Crippen LogP contribution in [0.5, 0.6) is 0 Å². The van der Waals surface area contributed by atoms with Gasteiger partial charge in [-0.3, -0.25) is 19.8 Å². The molecule has 6 nitrogen and oxygen atoms in total. The van der Waals surface area contributed by atoms with E-state index in [9.17, 15) is 4.79 Å². The quantitative estimate of drug-likeness (QED) is 0.670. The molecule has 0 aliphatic carbocycles. The lowest BCUT2D eigenvalue weighted by Crippen LogP contribution is -2.44. The Balaban J connectivity index is 1.40. The SMILES string of the molecule is CN(C)[C@@H](C(=O)N1CCC(c2ccc(-c3ccn[nH]3)cn2)CC1)c1ccc(Cl)cc1. The first-order chi connectivity index (χ1) is 14.5. The third kappa shape index (κ3) is 4.40. The summed E-state index contributed by atoms with van der Waals surface area (Å²) < 4.78 is 0. The van der Waals surface area contributed by atoms with Gasteiger partial charge in [0.25, 0.3) is 0 Å². The van der Waals surface area contributed by atoms with E-state index in [0.29, 0.717) is 10.9 Å². The lowest BCUT2D eigenvalue weighted by atomic mass is 9.92. The first-order valence-electron chi connectivity index (χ1n) is 10.2. The molecule has 0 unspecified atom stereocenters. The van der Waals surface area contributed by atoms with Crippen LogP contribution in [0.2, 0.25) is 5.02 Å². The number of likely N-dealkylation sites (N-methyl/N-ethyl adjacent to an activating group) is 1. The minimum atomic E-state index is -0.300. The summed E-state index contributed by atoms with van der Waals surface area (Å²) in [5.74, 6) is 0.515. The summed E-state index contributed by atoms with van der Waals surface area (Å²) in [4.78, 5) is 21.9. The number of pyridine rings is 1. The number of amides is 1. The molecule has 30 heavy (non-hydrogen) atoms. The summed E-state index contributed by atoms with van der Waals surface area (Å²) >= 11 is 6.02. The summed E-state index contributed by atoms with van der Waals surface area (Å²) in [6, 6.07) is 13.3. The topological polar surface area (TPSA) is 65.1 Å². The Morgan fingerprint density at radius 2 is 1.87 bits per heavy atom. The number of nitrogens with zero attached hydrogens (tertiary/aromatic N) is 4. The standard InChI is InChI=1S/C23H26ClN5O/c1-28(2)22(17-3-6-19(24)7-4-17)23(30)29-13-10-16(11-14-29)20-8-5-18(15-25-20)21-9-12-26-27-21/h3-9,12,15-16,22H,10-11,13-14H2,1-2H3,(H,26,27)/t22-/m1/s1. The van der Waals surface area contributed by atoms with Crippen LogP contribution in [0.4, 0.5) is 0 Å². The number of likely N-dealkylation sites (tertiary alicyclic amines) is 1. The van der Waals surface area contributed by atoms with Crippen LogP contribution in [0.1, 0.15) is 36.1 Å². The second-order valence-corrected chi connectivity index (χ2v) is 8.40. The summed E-state index contributed by atoms with van der Waals surface area (Å²) in [6.45, 7) is 1.48. The number of carbonyl (C=O) groups is 1. The van der Waals surface area contributed by atoms with Crippen molar-refractivity contribution < 1.29 is 4.79 Å². The third-order valence-electron chi connectivity index (χ3n) is 5.76. The first kappa shape index (κ1) is 20.6. The van der Waals surface area contributed by atoms with Gasteiger partial charge in [0.1, 0.15) is 6.04 Å². The van der Waals surface area contributed by atoms with E-state index in [1.165, 1.54) is 0 Å². The normalized spacial score (nSPS) is 16.1. The van der Waals surface area contributed by atoms with Crippen LogP contribution in [-0.4, -0.2) is 58.1 Å². The molecule has 1 fully saturated rings. The third-order valence-corrected chi connectivity index (χ3v) is 6.01. The zero-order valence-electron chi connectivity index (χ0n) is 17.3. The van der Waals surface area contributed by atoms with Gasteiger partial charge in [0, 0.05) is 47.7 Å². The largest absolute Gasteiger partial charge is 0.341 e. The van der Waals surface area contributed by atoms with E-state index in [1.54, 1.807) is 6.20 Å². The number of piperidine rings is 1. The molecule has 0 radical (unpaired) electrons. The van der Waals surface area contributed by atoms with Crippen LogP contribution in [0.15, 0.2) is 54.9 Å². The van der Waals surface area contributed by atoms with Crippen LogP contribution in [0.3, 0.4) is 0 Å². The molecule has 156 valence electrons. The Hall–Kier alpha value is -2.70. The molecular weight excluding hydrogens is 398 g/mol. The number of aromatic nitrogens is 3. The molecule has 0 bridgehead atoms. The lowest BCUT2D eigenvalue weighted by molar-refractivity contribution is -0.137. The Kier molecular flexibility index (Phi) is 6.16. The van der Waals surface area contributed by atoms with E-state index in [-0.39, 0.29) is 11.9 Å². The number of aromatic amines is 1. The molecule has 1 aliphatic rings. The van der Waals surface area contributed by atoms with Gasteiger partial charge in [0.2, 0.25) is 5.91 Å². The van der Waals surface area contributed by atoms with Crippen molar-refractivity contribution in [3.05, 3.63) is 71.1 Å². The predicted octanol–water partition coefficient (Wildman–Crippen LogP) is 4.13. The van der Waals surface area contributed by atoms with E-state index >= 15 is 0 Å². The number of carbonyl (C=O) groups excluding carboxylic acids is 1. The fourth-order valence-corrected chi connectivity index (χ4v) is 4.22. The van der Waals surface area contributed by atoms with Crippen LogP contribution in [-0.2, 0) is 4.79 Å². The highest BCUT2D eigenvalue weighted by Crippen LogP contribution is 2.30. The highest BCUT2D eigenvalue weighted by Gasteiger charge is 2.31. The molecule has 2 aromatic heterocycles. The number of benzene rings is 1. The average Bonchev–Trinajstić information content (AvgIpc) is 3.30. The van der Waals surface area contributed by atoms with Gasteiger partial charge in [0.05, 0.1) is 5.69 Å². The zero-order chi connectivity index (χ0) is 21.1. The van der Waals surface area contributed by atoms with E-state index in [2.05, 4.69) is 27.3 Å². The Bertz CT molecular complexity index is 962. The van der Waals surface area contributed by atoms with E-state index < -0.39 is 0 Å². The van der Waals surface area contributed by atoms with Gasteiger partial charge in [-0.05, 0) is 62.8 Å². The van der Waals surface area contributed by atoms with Gasteiger partial charge in [-0.25, -0.2) is 0 Å². The molecule has 1 saturated heterocycles. The second-order valence-electron chi connectivity index (χ2n) is 7.96. The van der Waals surface area contributed by atoms with Crippen LogP contribution < -0.4 is 0 Å². The van der Waals surface area contributed by atoms with Gasteiger partial charge >= 0.3 is 0 Å². The van der Waals surface area contributed by atoms with Gasteiger partial charge in [-0.15, -0.1) is 0 Å². The minimum absolute atomic E-state index is 0.142. The van der Waals surface area contributed by atoms with Crippen molar-refractivity contribution in [2.24, 2.45) is 0 Å². The van der Waals surface area contributed by atoms with Crippen molar-refractivity contribution in [2.45, 2.75) is 24.8 Å². The molecule has 1 amide bonds. The van der Waals surface area contributed by atoms with Gasteiger partial charge in [-0.1, -0.05) is 23.7 Å². The molecule has 1 atom stereocenters. The summed E-state index contributed by atoms with van der Waals surface area (Å²) in [5.41, 5.74) is 4.05. The van der Waals surface area contributed by atoms with Crippen LogP contribution >= 0.6 is 11.6 Å². The molecular formula is C23H26ClN5O. The fourth-order valence-electron chi connectivity index (χ4n) is 4.10. The monoisotopic (exact) mass is 423 g/mol. The molecule has 7 heteroatoms. The maximum atomic E-state index is 13.3. The van der Waals surface area contributed by atoms with E-state index in [4.69, 9.17) is 11.6 Å². The summed E-state index contributed by atoms with van der Waals surface area (Å²) in [6.07, 6.45) is 5.47. The molecule has 4 rings (SSSR count). The van der Waals surface area contributed by atoms with Gasteiger partial charge < -0.3 is 4.90 Å². The lowest BCUT2D eigenvalue weighted by Gasteiger charge is -2.36. The highest BCUT2D eigenvalue weighted by molar-refractivity contribution is 6.30. The molecule has 3 aromatic rings. The van der Waals surface area contributed by atoms with Crippen molar-refractivity contribution in [1.82, 2.24) is 25.0 Å². The smallest absolute Gasteiger partial charge is 0.244 e. The molecule has 1 aromatic carbocycles. The van der Waals surface area contributed by atoms with E-state index in [1.807, 2.05) is 60.4 Å². The van der Waals surface area contributed by atoms with Crippen molar-refractivity contribution in [3.8, 4) is 11.3 Å². The highest BCUT2D eigenvalue weighted by atomic mass is 35.5. The Labute approximate surface area is 181 Å². The van der Waals surface area contributed by atoms with Crippen molar-refractivity contribution in [2.75, 3.05) is 27.2 Å². The number of hydrogen-bond acceptors (Lipinski definition) is 4. The van der Waals surface area contributed by atoms with Crippen molar-refractivity contribution in [1.29, 1.82) is 0 Å². The average molecular weight is 424 g/mol. The van der Waals surface area contributed by atoms with Crippen molar-refractivity contribution in [3.63, 3.8) is 0 Å². The van der Waals surface area contributed by atoms with Crippen molar-refractivity contribution >= 4 is 17.5 Å². The molecule has 1 aliphatic heterocycles. The molecule has 0 saturated carbocycles. The van der Waals surface area contributed by atoms with E-state index in [0.717, 1.165) is 48.4 Å². The molecule has 1 N–H and O–H groups in total. The maximum Gasteiger partial charge on any atom is 0.244 e. The maximum absolute atomic E-state index is 13.3. The number of H-pyrrole nitrogens is 1. The number of rotatable bonds is 5. The Morgan fingerprint density at radius 3 is 2.43 bits per heavy atom. The Morgan fingerprint density at radius 1 is 1.13 bits per heavy atom. The predicted molar refractivity (Wildman–Crippen MR) is 118 cm³/mol. The van der Waals surface area contributed by atoms with Crippen LogP contribution in [0, 0.1) is 0 Å². The first-order valence-corrected chi connectivity index (χ1v) is 10.6. The molecule has 3 heterocycles. The molecule has 0 spiro atoms. The summed E-state index contributed by atoms with van der Waals surface area (Å²) in [7, 11) is 3.88. The zero-order valence-corrected chi connectivity index (χ0v) is 18.0. The number of hydrogen-bond donors (Lipinski definition) is 1. The van der Waals surface area contributed by atoms with Crippen LogP contribution in [0.25, 0.3) is 11.3 Å². The summed E-state index contributed by atoms with van der Waals surface area (Å²) in [5, 5.41) is 7.63. The van der Waals surface area contributed by atoms with Gasteiger partial charge in [-0.2, -0.15) is 5.10 Å². The minimum Gasteiger partial charge on any atom is -0.341 e. The second kappa shape index (κ2) is 8.98. The number of nitrogens with one attached hydrogen (secondary N) is 1. The number of halogens is 1. The van der Waals surface area contributed by atoms with Gasteiger partial charge in [0.15, 0.2) is 0 Å². The fraction of sp³-hybridized carbons (Fsp3) is 0.348.